The molecule has 0 spiro atoms. The Morgan fingerprint density at radius 2 is 1.85 bits per heavy atom. The van der Waals surface area contributed by atoms with Crippen LogP contribution >= 0.6 is 23.2 Å². The van der Waals surface area contributed by atoms with Gasteiger partial charge < -0.3 is 11.1 Å². The molecule has 2 heterocycles. The summed E-state index contributed by atoms with van der Waals surface area (Å²) in [6.45, 7) is 0.483. The summed E-state index contributed by atoms with van der Waals surface area (Å²) in [6, 6.07) is 14.5. The predicted molar refractivity (Wildman–Crippen MR) is 133 cm³/mol. The maximum atomic E-state index is 13.2. The van der Waals surface area contributed by atoms with Gasteiger partial charge in [-0.25, -0.2) is 5.10 Å². The Morgan fingerprint density at radius 3 is 2.50 bits per heavy atom. The van der Waals surface area contributed by atoms with Crippen molar-refractivity contribution in [1.82, 2.24) is 20.5 Å². The monoisotopic (exact) mass is 493 g/mol. The smallest absolute Gasteiger partial charge is 0.272 e. The van der Waals surface area contributed by atoms with E-state index in [1.165, 1.54) is 0 Å². The predicted octanol–water partition coefficient (Wildman–Crippen LogP) is 4.10. The highest BCUT2D eigenvalue weighted by Crippen LogP contribution is 2.49. The molecule has 172 valence electrons. The van der Waals surface area contributed by atoms with Gasteiger partial charge in [0.15, 0.2) is 0 Å². The van der Waals surface area contributed by atoms with Crippen LogP contribution in [0.2, 0.25) is 10.0 Å². The fourth-order valence-corrected chi connectivity index (χ4v) is 4.85. The van der Waals surface area contributed by atoms with Crippen molar-refractivity contribution in [3.8, 4) is 11.1 Å². The lowest BCUT2D eigenvalue weighted by atomic mass is 9.92. The average Bonchev–Trinajstić information content (AvgIpc) is 3.66. The summed E-state index contributed by atoms with van der Waals surface area (Å²) in [7, 11) is 0. The van der Waals surface area contributed by atoms with Crippen molar-refractivity contribution in [3.05, 3.63) is 92.1 Å². The van der Waals surface area contributed by atoms with Crippen LogP contribution in [0.4, 0.5) is 0 Å². The molecule has 1 aliphatic rings. The van der Waals surface area contributed by atoms with Crippen LogP contribution in [-0.2, 0) is 23.3 Å². The van der Waals surface area contributed by atoms with Crippen molar-refractivity contribution in [3.63, 3.8) is 0 Å². The summed E-state index contributed by atoms with van der Waals surface area (Å²) in [4.78, 5) is 29.7. The van der Waals surface area contributed by atoms with Gasteiger partial charge in [0, 0.05) is 39.3 Å². The van der Waals surface area contributed by atoms with E-state index in [1.807, 2.05) is 24.3 Å². The van der Waals surface area contributed by atoms with Gasteiger partial charge in [-0.1, -0.05) is 41.4 Å². The zero-order valence-electron chi connectivity index (χ0n) is 18.1. The topological polar surface area (TPSA) is 114 Å². The maximum absolute atomic E-state index is 13.2. The quantitative estimate of drug-likeness (QED) is 0.374. The van der Waals surface area contributed by atoms with E-state index in [2.05, 4.69) is 20.5 Å². The number of pyridine rings is 1. The van der Waals surface area contributed by atoms with E-state index in [9.17, 15) is 9.59 Å². The minimum atomic E-state index is -0.617. The summed E-state index contributed by atoms with van der Waals surface area (Å²) >= 11 is 12.6. The van der Waals surface area contributed by atoms with Crippen LogP contribution < -0.4 is 16.6 Å². The van der Waals surface area contributed by atoms with Gasteiger partial charge in [-0.3, -0.25) is 14.6 Å². The fourth-order valence-electron chi connectivity index (χ4n) is 4.24. The lowest BCUT2D eigenvalue weighted by Gasteiger charge is -2.17. The van der Waals surface area contributed by atoms with Gasteiger partial charge in [0.2, 0.25) is 5.91 Å². The third-order valence-corrected chi connectivity index (χ3v) is 6.93. The van der Waals surface area contributed by atoms with Gasteiger partial charge in [-0.05, 0) is 48.7 Å². The van der Waals surface area contributed by atoms with Crippen LogP contribution in [-0.4, -0.2) is 21.1 Å². The number of hydrogen-bond donors (Lipinski definition) is 3. The summed E-state index contributed by atoms with van der Waals surface area (Å²) in [5, 5.41) is 11.8. The second kappa shape index (κ2) is 8.83. The van der Waals surface area contributed by atoms with E-state index in [0.717, 1.165) is 35.2 Å². The number of hydrogen-bond acceptors (Lipinski definition) is 5. The molecule has 1 amide bonds. The normalized spacial score (nSPS) is 14.2. The Hall–Kier alpha value is -3.26. The Kier molecular flexibility index (Phi) is 5.85. The molecule has 7 nitrogen and oxygen atoms in total. The number of amides is 1. The molecule has 9 heteroatoms. The molecule has 0 unspecified atom stereocenters. The van der Waals surface area contributed by atoms with Crippen molar-refractivity contribution in [2.24, 2.45) is 5.73 Å². The average molecular weight is 494 g/mol. The van der Waals surface area contributed by atoms with Gasteiger partial charge in [0.05, 0.1) is 28.7 Å². The van der Waals surface area contributed by atoms with Crippen molar-refractivity contribution >= 4 is 39.9 Å². The molecular weight excluding hydrogens is 473 g/mol. The van der Waals surface area contributed by atoms with Crippen LogP contribution in [0, 0.1) is 0 Å². The lowest BCUT2D eigenvalue weighted by molar-refractivity contribution is -0.123. The molecule has 2 aromatic carbocycles. The molecule has 34 heavy (non-hydrogen) atoms. The number of benzene rings is 2. The second-order valence-corrected chi connectivity index (χ2v) is 9.18. The number of H-pyrrole nitrogens is 1. The first kappa shape index (κ1) is 22.5. The SMILES string of the molecule is NCc1n[nH]c(=O)c2ccc(C3(C(=O)NCc4ccc(-c5c(Cl)cccc5Cl)cn4)CC3)cc12. The van der Waals surface area contributed by atoms with Gasteiger partial charge in [-0.2, -0.15) is 5.10 Å². The molecule has 0 bridgehead atoms. The number of rotatable bonds is 6. The Balaban J connectivity index is 1.34. The molecular formula is C25H21Cl2N5O2. The summed E-state index contributed by atoms with van der Waals surface area (Å²) in [5.74, 6) is -0.0704. The lowest BCUT2D eigenvalue weighted by Crippen LogP contribution is -2.34. The standard InChI is InChI=1S/C25H21Cl2N5O2/c26-19-2-1-3-20(27)22(19)14-4-6-16(29-12-14)13-30-24(34)25(8-9-25)15-5-7-17-18(10-15)21(11-28)31-32-23(17)33/h1-7,10,12H,8-9,11,13,28H2,(H,30,34)(H,32,33). The summed E-state index contributed by atoms with van der Waals surface area (Å²) in [6.07, 6.45) is 3.16. The van der Waals surface area contributed by atoms with Crippen molar-refractivity contribution in [2.75, 3.05) is 0 Å². The highest BCUT2D eigenvalue weighted by atomic mass is 35.5. The minimum Gasteiger partial charge on any atom is -0.350 e. The fraction of sp³-hybridized carbons (Fsp3) is 0.200. The number of aromatic amines is 1. The Morgan fingerprint density at radius 1 is 1.09 bits per heavy atom. The zero-order valence-corrected chi connectivity index (χ0v) is 19.6. The van der Waals surface area contributed by atoms with Crippen LogP contribution in [0.1, 0.15) is 29.8 Å². The second-order valence-electron chi connectivity index (χ2n) is 8.36. The highest BCUT2D eigenvalue weighted by Gasteiger charge is 2.51. The van der Waals surface area contributed by atoms with Crippen molar-refractivity contribution in [1.29, 1.82) is 0 Å². The molecule has 0 aliphatic heterocycles. The molecule has 0 radical (unpaired) electrons. The molecule has 4 N–H and O–H groups in total. The van der Waals surface area contributed by atoms with E-state index in [0.29, 0.717) is 33.1 Å². The largest absolute Gasteiger partial charge is 0.350 e. The summed E-state index contributed by atoms with van der Waals surface area (Å²) < 4.78 is 0. The molecule has 2 aromatic heterocycles. The molecule has 1 saturated carbocycles. The van der Waals surface area contributed by atoms with Crippen LogP contribution in [0.15, 0.2) is 59.5 Å². The first-order valence-corrected chi connectivity index (χ1v) is 11.6. The van der Waals surface area contributed by atoms with Crippen molar-refractivity contribution < 1.29 is 4.79 Å². The zero-order chi connectivity index (χ0) is 23.9. The number of halogens is 2. The van der Waals surface area contributed by atoms with Gasteiger partial charge >= 0.3 is 0 Å². The summed E-state index contributed by atoms with van der Waals surface area (Å²) in [5.41, 5.74) is 8.60. The van der Waals surface area contributed by atoms with E-state index >= 15 is 0 Å². The first-order valence-electron chi connectivity index (χ1n) is 10.8. The van der Waals surface area contributed by atoms with Crippen LogP contribution in [0.5, 0.6) is 0 Å². The molecule has 4 aromatic rings. The van der Waals surface area contributed by atoms with E-state index < -0.39 is 5.41 Å². The molecule has 1 fully saturated rings. The number of nitrogens with two attached hydrogens (primary N) is 1. The van der Waals surface area contributed by atoms with E-state index in [-0.39, 0.29) is 18.0 Å². The number of nitrogens with one attached hydrogen (secondary N) is 2. The number of carbonyl (C=O) groups is 1. The molecule has 5 rings (SSSR count). The highest BCUT2D eigenvalue weighted by molar-refractivity contribution is 6.39. The van der Waals surface area contributed by atoms with E-state index in [4.69, 9.17) is 28.9 Å². The molecule has 1 aliphatic carbocycles. The number of nitrogens with zero attached hydrogens (tertiary/aromatic N) is 2. The minimum absolute atomic E-state index is 0.0704. The third kappa shape index (κ3) is 3.96. The van der Waals surface area contributed by atoms with Gasteiger partial charge in [-0.15, -0.1) is 0 Å². The van der Waals surface area contributed by atoms with Crippen molar-refractivity contribution in [2.45, 2.75) is 31.3 Å². The molecule has 0 atom stereocenters. The molecule has 0 saturated heterocycles. The number of aromatic nitrogens is 3. The van der Waals surface area contributed by atoms with E-state index in [1.54, 1.807) is 30.5 Å². The van der Waals surface area contributed by atoms with Gasteiger partial charge in [0.1, 0.15) is 0 Å². The van der Waals surface area contributed by atoms with Crippen LogP contribution in [0.3, 0.4) is 0 Å². The van der Waals surface area contributed by atoms with Gasteiger partial charge in [0.25, 0.3) is 5.56 Å². The van der Waals surface area contributed by atoms with Crippen LogP contribution in [0.25, 0.3) is 21.9 Å². The Bertz CT molecular complexity index is 1440. The third-order valence-electron chi connectivity index (χ3n) is 6.30. The number of fused-ring (bicyclic) bond motifs is 1. The maximum Gasteiger partial charge on any atom is 0.272 e. The number of carbonyl (C=O) groups excluding carboxylic acids is 1. The Labute approximate surface area is 205 Å². The first-order chi connectivity index (χ1) is 16.4.